The minimum Gasteiger partial charge on any atom is -0.423 e. The summed E-state index contributed by atoms with van der Waals surface area (Å²) in [6.07, 6.45) is 0. The molecule has 0 saturated heterocycles. The lowest BCUT2D eigenvalue weighted by Gasteiger charge is -2.18. The van der Waals surface area contributed by atoms with Crippen molar-refractivity contribution in [2.45, 2.75) is 27.7 Å². The number of carbonyl (C=O) groups excluding carboxylic acids is 4. The van der Waals surface area contributed by atoms with Crippen LogP contribution in [0.2, 0.25) is 0 Å². The van der Waals surface area contributed by atoms with Gasteiger partial charge >= 0.3 is 23.9 Å². The molecule has 6 rings (SSSR count). The Morgan fingerprint density at radius 3 is 1.02 bits per heavy atom. The topological polar surface area (TPSA) is 105 Å². The number of fused-ring (bicyclic) bond motifs is 10. The summed E-state index contributed by atoms with van der Waals surface area (Å²) >= 11 is 0. The maximum absolute atomic E-state index is 12.0. The minimum atomic E-state index is -0.539. The van der Waals surface area contributed by atoms with Gasteiger partial charge in [0, 0.05) is 38.5 Å². The number of hydrogen-bond donors (Lipinski definition) is 0. The molecule has 0 bridgehead atoms. The van der Waals surface area contributed by atoms with E-state index in [0.717, 1.165) is 43.1 Å². The molecule has 0 radical (unpaired) electrons. The molecule has 0 aromatic heterocycles. The molecule has 0 aliphatic carbocycles. The van der Waals surface area contributed by atoms with E-state index >= 15 is 0 Å². The molecule has 0 aliphatic heterocycles. The molecule has 0 unspecified atom stereocenters. The van der Waals surface area contributed by atoms with Crippen LogP contribution < -0.4 is 18.9 Å². The van der Waals surface area contributed by atoms with Gasteiger partial charge in [0.05, 0.1) is 0 Å². The van der Waals surface area contributed by atoms with Gasteiger partial charge in [0.1, 0.15) is 0 Å². The van der Waals surface area contributed by atoms with Gasteiger partial charge in [-0.2, -0.15) is 0 Å². The zero-order chi connectivity index (χ0) is 29.7. The monoisotopic (exact) mass is 560 g/mol. The van der Waals surface area contributed by atoms with E-state index in [2.05, 4.69) is 0 Å². The third-order valence-corrected chi connectivity index (χ3v) is 6.99. The number of rotatable bonds is 4. The van der Waals surface area contributed by atoms with Crippen LogP contribution in [-0.2, 0) is 19.2 Å². The Labute approximate surface area is 239 Å². The SMILES string of the molecule is CC(=O)Oc1ccc2c(ccc3c4ccc5c(OC(C)=O)c(OC(C)=O)ccc5c4c4ccccc4c23)c1OC(C)=O. The predicted molar refractivity (Wildman–Crippen MR) is 159 cm³/mol. The molecule has 42 heavy (non-hydrogen) atoms. The van der Waals surface area contributed by atoms with Crippen molar-refractivity contribution in [3.05, 3.63) is 72.8 Å². The molecule has 8 nitrogen and oxygen atoms in total. The van der Waals surface area contributed by atoms with Crippen molar-refractivity contribution in [1.82, 2.24) is 0 Å². The summed E-state index contributed by atoms with van der Waals surface area (Å²) in [6.45, 7) is 5.16. The summed E-state index contributed by atoms with van der Waals surface area (Å²) in [7, 11) is 0. The highest BCUT2D eigenvalue weighted by molar-refractivity contribution is 6.36. The first-order chi connectivity index (χ1) is 20.1. The third-order valence-electron chi connectivity index (χ3n) is 6.99. The van der Waals surface area contributed by atoms with Crippen LogP contribution in [0, 0.1) is 0 Å². The van der Waals surface area contributed by atoms with Crippen LogP contribution in [0.25, 0.3) is 53.9 Å². The Bertz CT molecular complexity index is 1990. The predicted octanol–water partition coefficient (Wildman–Crippen LogP) is 7.15. The molecular formula is C34H24O8. The van der Waals surface area contributed by atoms with Crippen molar-refractivity contribution < 1.29 is 38.1 Å². The van der Waals surface area contributed by atoms with Gasteiger partial charge in [0.25, 0.3) is 0 Å². The summed E-state index contributed by atoms with van der Waals surface area (Å²) in [5.41, 5.74) is 0. The van der Waals surface area contributed by atoms with Gasteiger partial charge in [-0.1, -0.05) is 36.4 Å². The van der Waals surface area contributed by atoms with Crippen LogP contribution in [0.15, 0.2) is 72.8 Å². The molecule has 6 aromatic rings. The summed E-state index contributed by atoms with van der Waals surface area (Å²) < 4.78 is 21.8. The Kier molecular flexibility index (Phi) is 6.46. The van der Waals surface area contributed by atoms with Crippen LogP contribution in [0.4, 0.5) is 0 Å². The molecule has 208 valence electrons. The normalized spacial score (nSPS) is 11.2. The fraction of sp³-hybridized carbons (Fsp3) is 0.118. The van der Waals surface area contributed by atoms with Gasteiger partial charge in [-0.15, -0.1) is 0 Å². The van der Waals surface area contributed by atoms with E-state index in [9.17, 15) is 19.2 Å². The number of hydrogen-bond acceptors (Lipinski definition) is 8. The zero-order valence-corrected chi connectivity index (χ0v) is 23.2. The molecule has 0 atom stereocenters. The van der Waals surface area contributed by atoms with Crippen LogP contribution >= 0.6 is 0 Å². The van der Waals surface area contributed by atoms with Gasteiger partial charge in [0.15, 0.2) is 23.0 Å². The summed E-state index contributed by atoms with van der Waals surface area (Å²) in [5.74, 6) is -1.49. The average molecular weight is 561 g/mol. The first-order valence-corrected chi connectivity index (χ1v) is 13.2. The molecule has 0 fully saturated rings. The number of esters is 4. The van der Waals surface area contributed by atoms with E-state index in [4.69, 9.17) is 18.9 Å². The fourth-order valence-corrected chi connectivity index (χ4v) is 5.63. The van der Waals surface area contributed by atoms with Crippen LogP contribution in [0.3, 0.4) is 0 Å². The Hall–Kier alpha value is -5.50. The lowest BCUT2D eigenvalue weighted by molar-refractivity contribution is -0.134. The lowest BCUT2D eigenvalue weighted by Crippen LogP contribution is -2.07. The standard InChI is InChI=1S/C34H24O8/c1-17(35)39-29-15-13-25-27(33(29)41-19(3)37)11-9-23-24-10-12-28-26(32(24)22-8-6-5-7-21(22)31(23)25)14-16-30(40-18(2)36)34(28)42-20(4)38/h5-16H,1-4H3. The van der Waals surface area contributed by atoms with E-state index in [1.807, 2.05) is 60.7 Å². The molecule has 6 aromatic carbocycles. The van der Waals surface area contributed by atoms with Gasteiger partial charge in [-0.25, -0.2) is 0 Å². The Balaban J connectivity index is 1.76. The number of carbonyl (C=O) groups is 4. The second-order valence-electron chi connectivity index (χ2n) is 9.87. The molecular weight excluding hydrogens is 536 g/mol. The largest absolute Gasteiger partial charge is 0.423 e. The van der Waals surface area contributed by atoms with E-state index in [1.165, 1.54) is 27.7 Å². The van der Waals surface area contributed by atoms with Gasteiger partial charge in [-0.3, -0.25) is 19.2 Å². The minimum absolute atomic E-state index is 0.155. The molecule has 8 heteroatoms. The second-order valence-corrected chi connectivity index (χ2v) is 9.87. The van der Waals surface area contributed by atoms with E-state index in [1.54, 1.807) is 12.1 Å². The van der Waals surface area contributed by atoms with Crippen molar-refractivity contribution in [2.24, 2.45) is 0 Å². The summed E-state index contributed by atoms with van der Waals surface area (Å²) in [6, 6.07) is 22.5. The molecule has 0 heterocycles. The first kappa shape index (κ1) is 26.7. The van der Waals surface area contributed by atoms with Crippen LogP contribution in [0.1, 0.15) is 27.7 Å². The van der Waals surface area contributed by atoms with E-state index in [0.29, 0.717) is 10.8 Å². The zero-order valence-electron chi connectivity index (χ0n) is 23.2. The van der Waals surface area contributed by atoms with Gasteiger partial charge in [0.2, 0.25) is 0 Å². The quantitative estimate of drug-likeness (QED) is 0.127. The maximum atomic E-state index is 12.0. The summed E-state index contributed by atoms with van der Waals surface area (Å²) in [5, 5.41) is 8.44. The maximum Gasteiger partial charge on any atom is 0.308 e. The van der Waals surface area contributed by atoms with Crippen molar-refractivity contribution in [1.29, 1.82) is 0 Å². The highest BCUT2D eigenvalue weighted by Gasteiger charge is 2.21. The van der Waals surface area contributed by atoms with E-state index < -0.39 is 23.9 Å². The molecule has 0 aliphatic rings. The fourth-order valence-electron chi connectivity index (χ4n) is 5.63. The highest BCUT2D eigenvalue weighted by atomic mass is 16.6. The van der Waals surface area contributed by atoms with Crippen LogP contribution in [-0.4, -0.2) is 23.9 Å². The van der Waals surface area contributed by atoms with Crippen molar-refractivity contribution >= 4 is 77.7 Å². The van der Waals surface area contributed by atoms with Gasteiger partial charge < -0.3 is 18.9 Å². The van der Waals surface area contributed by atoms with Crippen molar-refractivity contribution in [3.63, 3.8) is 0 Å². The summed E-state index contributed by atoms with van der Waals surface area (Å²) in [4.78, 5) is 47.6. The number of benzene rings is 6. The smallest absolute Gasteiger partial charge is 0.308 e. The molecule has 0 N–H and O–H groups in total. The first-order valence-electron chi connectivity index (χ1n) is 13.2. The Morgan fingerprint density at radius 1 is 0.381 bits per heavy atom. The molecule has 0 spiro atoms. The van der Waals surface area contributed by atoms with Crippen molar-refractivity contribution in [3.8, 4) is 23.0 Å². The Morgan fingerprint density at radius 2 is 0.667 bits per heavy atom. The molecule has 0 amide bonds. The van der Waals surface area contributed by atoms with Crippen LogP contribution in [0.5, 0.6) is 23.0 Å². The van der Waals surface area contributed by atoms with E-state index in [-0.39, 0.29) is 23.0 Å². The molecule has 0 saturated carbocycles. The van der Waals surface area contributed by atoms with Gasteiger partial charge in [-0.05, 0) is 79.5 Å². The lowest BCUT2D eigenvalue weighted by atomic mass is 9.88. The van der Waals surface area contributed by atoms with Crippen molar-refractivity contribution in [2.75, 3.05) is 0 Å². The highest BCUT2D eigenvalue weighted by Crippen LogP contribution is 2.47. The third kappa shape index (κ3) is 4.43. The second kappa shape index (κ2) is 10.2. The average Bonchev–Trinajstić information content (AvgIpc) is 2.93. The number of ether oxygens (including phenoxy) is 4.